The highest BCUT2D eigenvalue weighted by Crippen LogP contribution is 2.26. The molecule has 3 rings (SSSR count). The number of fused-ring (bicyclic) bond motifs is 1. The van der Waals surface area contributed by atoms with Crippen LogP contribution in [0, 0.1) is 5.92 Å². The van der Waals surface area contributed by atoms with Crippen molar-refractivity contribution >= 4 is 6.03 Å². The molecule has 2 aliphatic heterocycles. The van der Waals surface area contributed by atoms with Gasteiger partial charge >= 0.3 is 6.03 Å². The van der Waals surface area contributed by atoms with Gasteiger partial charge in [-0.25, -0.2) is 4.79 Å². The summed E-state index contributed by atoms with van der Waals surface area (Å²) in [5, 5.41) is 6.69. The number of nitrogens with one attached hydrogen (secondary N) is 2. The van der Waals surface area contributed by atoms with E-state index < -0.39 is 0 Å². The molecule has 1 aliphatic carbocycles. The van der Waals surface area contributed by atoms with E-state index in [9.17, 15) is 4.79 Å². The maximum Gasteiger partial charge on any atom is 0.317 e. The van der Waals surface area contributed by atoms with Gasteiger partial charge in [-0.2, -0.15) is 0 Å². The fraction of sp³-hybridized carbons (Fsp3) is 0.929. The average Bonchev–Trinajstić information content (AvgIpc) is 2.87. The molecule has 2 heterocycles. The molecule has 0 aromatic heterocycles. The van der Waals surface area contributed by atoms with E-state index in [1.165, 1.54) is 44.9 Å². The van der Waals surface area contributed by atoms with Crippen molar-refractivity contribution in [1.82, 2.24) is 15.5 Å². The lowest BCUT2D eigenvalue weighted by Gasteiger charge is -2.38. The average molecular weight is 251 g/mol. The summed E-state index contributed by atoms with van der Waals surface area (Å²) in [6.45, 7) is 3.03. The number of piperidine rings is 1. The molecule has 0 aromatic carbocycles. The molecule has 0 spiro atoms. The minimum Gasteiger partial charge on any atom is -0.335 e. The van der Waals surface area contributed by atoms with E-state index in [2.05, 4.69) is 15.5 Å². The summed E-state index contributed by atoms with van der Waals surface area (Å²) in [5.74, 6) is 0.691. The number of urea groups is 1. The minimum atomic E-state index is 0.195. The van der Waals surface area contributed by atoms with Gasteiger partial charge in [-0.15, -0.1) is 0 Å². The fourth-order valence-electron chi connectivity index (χ4n) is 3.82. The van der Waals surface area contributed by atoms with Crippen LogP contribution in [-0.2, 0) is 0 Å². The van der Waals surface area contributed by atoms with Gasteiger partial charge in [0.1, 0.15) is 0 Å². The molecule has 0 aromatic rings. The Hall–Kier alpha value is -0.770. The number of hydrogen-bond donors (Lipinski definition) is 2. The molecule has 18 heavy (non-hydrogen) atoms. The van der Waals surface area contributed by atoms with Crippen LogP contribution in [0.4, 0.5) is 4.79 Å². The molecule has 102 valence electrons. The molecular weight excluding hydrogens is 226 g/mol. The Morgan fingerprint density at radius 3 is 2.72 bits per heavy atom. The molecule has 4 nitrogen and oxygen atoms in total. The first-order valence-corrected chi connectivity index (χ1v) is 7.62. The zero-order valence-electron chi connectivity index (χ0n) is 11.2. The summed E-state index contributed by atoms with van der Waals surface area (Å²) in [5.41, 5.74) is 0. The highest BCUT2D eigenvalue weighted by molar-refractivity contribution is 5.75. The molecule has 1 saturated carbocycles. The Labute approximate surface area is 109 Å². The third-order valence-electron chi connectivity index (χ3n) is 4.87. The molecule has 2 atom stereocenters. The third kappa shape index (κ3) is 2.48. The highest BCUT2D eigenvalue weighted by atomic mass is 16.2. The quantitative estimate of drug-likeness (QED) is 0.745. The van der Waals surface area contributed by atoms with E-state index in [1.54, 1.807) is 0 Å². The monoisotopic (exact) mass is 251 g/mol. The van der Waals surface area contributed by atoms with Crippen LogP contribution in [-0.4, -0.2) is 42.6 Å². The third-order valence-corrected chi connectivity index (χ3v) is 4.87. The van der Waals surface area contributed by atoms with Crippen molar-refractivity contribution in [1.29, 1.82) is 0 Å². The van der Waals surface area contributed by atoms with Crippen LogP contribution in [0.1, 0.15) is 44.9 Å². The molecule has 2 saturated heterocycles. The van der Waals surface area contributed by atoms with Gasteiger partial charge in [0.25, 0.3) is 0 Å². The largest absolute Gasteiger partial charge is 0.335 e. The number of carbonyl (C=O) groups is 1. The zero-order chi connectivity index (χ0) is 12.4. The van der Waals surface area contributed by atoms with Crippen LogP contribution in [0.2, 0.25) is 0 Å². The first kappa shape index (κ1) is 12.3. The van der Waals surface area contributed by atoms with Crippen molar-refractivity contribution in [2.24, 2.45) is 5.92 Å². The van der Waals surface area contributed by atoms with Crippen molar-refractivity contribution < 1.29 is 4.79 Å². The zero-order valence-corrected chi connectivity index (χ0v) is 11.2. The fourth-order valence-corrected chi connectivity index (χ4v) is 3.82. The normalized spacial score (nSPS) is 33.2. The Bertz CT molecular complexity index is 301. The molecule has 4 heteroatoms. The van der Waals surface area contributed by atoms with Crippen LogP contribution in [0.5, 0.6) is 0 Å². The number of rotatable bonds is 1. The van der Waals surface area contributed by atoms with E-state index in [-0.39, 0.29) is 6.03 Å². The maximum atomic E-state index is 12.4. The van der Waals surface area contributed by atoms with Gasteiger partial charge in [0, 0.05) is 31.7 Å². The van der Waals surface area contributed by atoms with Crippen molar-refractivity contribution in [3.63, 3.8) is 0 Å². The van der Waals surface area contributed by atoms with Gasteiger partial charge in [0.15, 0.2) is 0 Å². The lowest BCUT2D eigenvalue weighted by Crippen LogP contribution is -2.54. The van der Waals surface area contributed by atoms with E-state index >= 15 is 0 Å². The summed E-state index contributed by atoms with van der Waals surface area (Å²) < 4.78 is 0. The lowest BCUT2D eigenvalue weighted by molar-refractivity contribution is 0.132. The van der Waals surface area contributed by atoms with Crippen molar-refractivity contribution in [2.45, 2.75) is 57.0 Å². The number of hydrogen-bond acceptors (Lipinski definition) is 2. The first-order valence-electron chi connectivity index (χ1n) is 7.62. The van der Waals surface area contributed by atoms with Crippen LogP contribution >= 0.6 is 0 Å². The van der Waals surface area contributed by atoms with Gasteiger partial charge in [-0.05, 0) is 31.6 Å². The van der Waals surface area contributed by atoms with Gasteiger partial charge in [-0.1, -0.05) is 19.3 Å². The number of amides is 2. The minimum absolute atomic E-state index is 0.195. The van der Waals surface area contributed by atoms with E-state index in [1.807, 2.05) is 0 Å². The maximum absolute atomic E-state index is 12.4. The second-order valence-electron chi connectivity index (χ2n) is 6.11. The Morgan fingerprint density at radius 1 is 1.06 bits per heavy atom. The standard InChI is InChI=1S/C14H25N3O/c18-14(16-12-6-2-1-3-7-12)17-8-4-5-11-9-15-10-13(11)17/h11-13,15H,1-10H2,(H,16,18). The van der Waals surface area contributed by atoms with Crippen molar-refractivity contribution in [3.05, 3.63) is 0 Å². The van der Waals surface area contributed by atoms with E-state index in [0.717, 1.165) is 19.6 Å². The van der Waals surface area contributed by atoms with Crippen molar-refractivity contribution in [3.8, 4) is 0 Å². The van der Waals surface area contributed by atoms with Gasteiger partial charge in [0.05, 0.1) is 0 Å². The molecule has 0 radical (unpaired) electrons. The Kier molecular flexibility index (Phi) is 3.73. The summed E-state index contributed by atoms with van der Waals surface area (Å²) in [7, 11) is 0. The topological polar surface area (TPSA) is 44.4 Å². The van der Waals surface area contributed by atoms with Gasteiger partial charge < -0.3 is 15.5 Å². The molecule has 3 aliphatic rings. The Balaban J connectivity index is 1.57. The predicted octanol–water partition coefficient (Wildman–Crippen LogP) is 1.71. The summed E-state index contributed by atoms with van der Waals surface area (Å²) in [6, 6.07) is 1.07. The molecule has 0 bridgehead atoms. The molecule has 2 unspecified atom stereocenters. The van der Waals surface area contributed by atoms with E-state index in [4.69, 9.17) is 0 Å². The number of likely N-dealkylation sites (tertiary alicyclic amines) is 1. The SMILES string of the molecule is O=C(NC1CCCCC1)N1CCCC2CNCC21. The highest BCUT2D eigenvalue weighted by Gasteiger charge is 2.37. The lowest BCUT2D eigenvalue weighted by atomic mass is 9.92. The Morgan fingerprint density at radius 2 is 1.89 bits per heavy atom. The predicted molar refractivity (Wildman–Crippen MR) is 71.5 cm³/mol. The molecule has 2 N–H and O–H groups in total. The summed E-state index contributed by atoms with van der Waals surface area (Å²) in [6.07, 6.45) is 8.69. The van der Waals surface area contributed by atoms with Crippen LogP contribution in [0.25, 0.3) is 0 Å². The summed E-state index contributed by atoms with van der Waals surface area (Å²) >= 11 is 0. The van der Waals surface area contributed by atoms with Crippen molar-refractivity contribution in [2.75, 3.05) is 19.6 Å². The molecular formula is C14H25N3O. The van der Waals surface area contributed by atoms with Crippen LogP contribution < -0.4 is 10.6 Å². The molecule has 3 fully saturated rings. The number of nitrogens with zero attached hydrogens (tertiary/aromatic N) is 1. The smallest absolute Gasteiger partial charge is 0.317 e. The van der Waals surface area contributed by atoms with Crippen LogP contribution in [0.15, 0.2) is 0 Å². The second-order valence-corrected chi connectivity index (χ2v) is 6.11. The molecule has 2 amide bonds. The van der Waals surface area contributed by atoms with Gasteiger partial charge in [-0.3, -0.25) is 0 Å². The summed E-state index contributed by atoms with van der Waals surface area (Å²) in [4.78, 5) is 14.5. The van der Waals surface area contributed by atoms with Crippen LogP contribution in [0.3, 0.4) is 0 Å². The van der Waals surface area contributed by atoms with E-state index in [0.29, 0.717) is 18.0 Å². The first-order chi connectivity index (χ1) is 8.84. The van der Waals surface area contributed by atoms with Gasteiger partial charge in [0.2, 0.25) is 0 Å². The second kappa shape index (κ2) is 5.47. The number of carbonyl (C=O) groups excluding carboxylic acids is 1.